The zero-order valence-electron chi connectivity index (χ0n) is 21.6. The standard InChI is InChI=1S/C28H30O9S2/c1-19-8-12-23(13-9-19)38(31,32)36-22-16-25(35-18-21-6-4-3-5-7-21)27(28(29)30)26(17-22)37-39(33,34)24-14-10-20(2)11-15-24/h8-17,21H,3-7,18H2,1-2H3,(H,29,30). The minimum Gasteiger partial charge on any atom is -0.492 e. The number of aromatic carboxylic acids is 1. The summed E-state index contributed by atoms with van der Waals surface area (Å²) in [5.74, 6) is -2.55. The summed E-state index contributed by atoms with van der Waals surface area (Å²) >= 11 is 0. The normalized spacial score (nSPS) is 14.5. The largest absolute Gasteiger partial charge is 0.492 e. The summed E-state index contributed by atoms with van der Waals surface area (Å²) in [6, 6.07) is 13.8. The van der Waals surface area contributed by atoms with Crippen LogP contribution in [0, 0.1) is 19.8 Å². The fourth-order valence-corrected chi connectivity index (χ4v) is 6.17. The van der Waals surface area contributed by atoms with Gasteiger partial charge in [-0.2, -0.15) is 16.8 Å². The quantitative estimate of drug-likeness (QED) is 0.312. The predicted octanol–water partition coefficient (Wildman–Crippen LogP) is 5.50. The summed E-state index contributed by atoms with van der Waals surface area (Å²) < 4.78 is 68.4. The molecule has 0 saturated heterocycles. The predicted molar refractivity (Wildman–Crippen MR) is 143 cm³/mol. The summed E-state index contributed by atoms with van der Waals surface area (Å²) in [6.07, 6.45) is 4.99. The summed E-state index contributed by atoms with van der Waals surface area (Å²) in [6.45, 7) is 3.76. The van der Waals surface area contributed by atoms with Gasteiger partial charge in [0.1, 0.15) is 26.9 Å². The van der Waals surface area contributed by atoms with Crippen molar-refractivity contribution in [2.24, 2.45) is 5.92 Å². The first-order valence-corrected chi connectivity index (χ1v) is 15.3. The number of aryl methyl sites for hydroxylation is 2. The monoisotopic (exact) mass is 574 g/mol. The molecule has 1 N–H and O–H groups in total. The van der Waals surface area contributed by atoms with Crippen LogP contribution in [-0.4, -0.2) is 34.5 Å². The molecule has 1 aliphatic rings. The smallest absolute Gasteiger partial charge is 0.343 e. The molecule has 39 heavy (non-hydrogen) atoms. The van der Waals surface area contributed by atoms with Gasteiger partial charge in [0.15, 0.2) is 5.75 Å². The summed E-state index contributed by atoms with van der Waals surface area (Å²) in [7, 11) is -8.82. The molecule has 0 spiro atoms. The van der Waals surface area contributed by atoms with Crippen LogP contribution in [0.4, 0.5) is 0 Å². The van der Waals surface area contributed by atoms with Gasteiger partial charge in [-0.25, -0.2) is 4.79 Å². The fraction of sp³-hybridized carbons (Fsp3) is 0.321. The van der Waals surface area contributed by atoms with Gasteiger partial charge >= 0.3 is 26.2 Å². The van der Waals surface area contributed by atoms with Crippen LogP contribution in [-0.2, 0) is 20.2 Å². The van der Waals surface area contributed by atoms with Crippen molar-refractivity contribution in [1.29, 1.82) is 0 Å². The van der Waals surface area contributed by atoms with Crippen LogP contribution in [0.3, 0.4) is 0 Å². The van der Waals surface area contributed by atoms with Gasteiger partial charge in [0, 0.05) is 12.1 Å². The van der Waals surface area contributed by atoms with Gasteiger partial charge in [-0.15, -0.1) is 0 Å². The molecular weight excluding hydrogens is 544 g/mol. The number of carbonyl (C=O) groups is 1. The fourth-order valence-electron chi connectivity index (χ4n) is 4.32. The molecule has 0 heterocycles. The molecule has 0 bridgehead atoms. The molecule has 1 saturated carbocycles. The second-order valence-corrected chi connectivity index (χ2v) is 12.7. The number of carboxylic acids is 1. The van der Waals surface area contributed by atoms with Gasteiger partial charge < -0.3 is 18.2 Å². The number of rotatable bonds is 10. The van der Waals surface area contributed by atoms with Crippen LogP contribution in [0.1, 0.15) is 53.6 Å². The summed E-state index contributed by atoms with van der Waals surface area (Å²) in [4.78, 5) is 12.0. The van der Waals surface area contributed by atoms with Crippen LogP contribution in [0.5, 0.6) is 17.2 Å². The highest BCUT2D eigenvalue weighted by atomic mass is 32.2. The molecule has 0 radical (unpaired) electrons. The molecule has 0 atom stereocenters. The van der Waals surface area contributed by atoms with E-state index in [1.165, 1.54) is 24.3 Å². The third-order valence-corrected chi connectivity index (χ3v) is 8.99. The SMILES string of the molecule is Cc1ccc(S(=O)(=O)Oc2cc(OCC3CCCCC3)c(C(=O)O)c(OS(=O)(=O)c3ccc(C)cc3)c2)cc1. The van der Waals surface area contributed by atoms with Gasteiger partial charge in [0.05, 0.1) is 6.61 Å². The van der Waals surface area contributed by atoms with Gasteiger partial charge in [0.2, 0.25) is 0 Å². The first kappa shape index (κ1) is 28.4. The molecule has 1 aliphatic carbocycles. The molecule has 208 valence electrons. The molecule has 1 fully saturated rings. The molecular formula is C28H30O9S2. The van der Waals surface area contributed by atoms with Crippen LogP contribution < -0.4 is 13.1 Å². The Labute approximate surface area is 228 Å². The first-order chi connectivity index (χ1) is 18.4. The lowest BCUT2D eigenvalue weighted by atomic mass is 9.90. The van der Waals surface area contributed by atoms with Crippen molar-refractivity contribution >= 4 is 26.2 Å². The van der Waals surface area contributed by atoms with Crippen LogP contribution in [0.25, 0.3) is 0 Å². The maximum Gasteiger partial charge on any atom is 0.343 e. The average Bonchev–Trinajstić information content (AvgIpc) is 2.87. The van der Waals surface area contributed by atoms with E-state index in [1.54, 1.807) is 38.1 Å². The number of hydrogen-bond donors (Lipinski definition) is 1. The van der Waals surface area contributed by atoms with Crippen molar-refractivity contribution in [3.63, 3.8) is 0 Å². The Morgan fingerprint density at radius 1 is 0.769 bits per heavy atom. The molecule has 4 rings (SSSR count). The number of carboxylic acid groups (broad SMARTS) is 1. The van der Waals surface area contributed by atoms with E-state index in [9.17, 15) is 26.7 Å². The molecule has 11 heteroatoms. The van der Waals surface area contributed by atoms with Crippen molar-refractivity contribution in [3.8, 4) is 17.2 Å². The van der Waals surface area contributed by atoms with Crippen LogP contribution in [0.2, 0.25) is 0 Å². The van der Waals surface area contributed by atoms with E-state index >= 15 is 0 Å². The van der Waals surface area contributed by atoms with Crippen molar-refractivity contribution in [2.75, 3.05) is 6.61 Å². The van der Waals surface area contributed by atoms with E-state index in [-0.39, 0.29) is 33.8 Å². The van der Waals surface area contributed by atoms with Gasteiger partial charge in [-0.05, 0) is 56.9 Å². The highest BCUT2D eigenvalue weighted by Gasteiger charge is 2.28. The Hall–Kier alpha value is -3.57. The second-order valence-electron chi connectivity index (χ2n) is 9.62. The minimum absolute atomic E-state index is 0.130. The highest BCUT2D eigenvalue weighted by molar-refractivity contribution is 7.87. The van der Waals surface area contributed by atoms with E-state index in [2.05, 4.69) is 0 Å². The van der Waals surface area contributed by atoms with Crippen LogP contribution in [0.15, 0.2) is 70.5 Å². The maximum absolute atomic E-state index is 13.0. The lowest BCUT2D eigenvalue weighted by molar-refractivity contribution is 0.0688. The minimum atomic E-state index is -4.48. The Morgan fingerprint density at radius 2 is 1.26 bits per heavy atom. The zero-order valence-corrected chi connectivity index (χ0v) is 23.3. The van der Waals surface area contributed by atoms with E-state index < -0.39 is 37.5 Å². The number of ether oxygens (including phenoxy) is 1. The summed E-state index contributed by atoms with van der Waals surface area (Å²) in [5.41, 5.74) is 1.10. The van der Waals surface area contributed by atoms with Gasteiger partial charge in [-0.3, -0.25) is 0 Å². The maximum atomic E-state index is 13.0. The van der Waals surface area contributed by atoms with E-state index in [4.69, 9.17) is 13.1 Å². The average molecular weight is 575 g/mol. The Bertz CT molecular complexity index is 1540. The molecule has 9 nitrogen and oxygen atoms in total. The molecule has 0 aromatic heterocycles. The zero-order chi connectivity index (χ0) is 28.2. The topological polar surface area (TPSA) is 133 Å². The molecule has 3 aromatic rings. The highest BCUT2D eigenvalue weighted by Crippen LogP contribution is 2.38. The number of benzene rings is 3. The van der Waals surface area contributed by atoms with Crippen molar-refractivity contribution < 1.29 is 39.8 Å². The molecule has 0 amide bonds. The Morgan fingerprint density at radius 3 is 1.77 bits per heavy atom. The Kier molecular flexibility index (Phi) is 8.51. The molecule has 0 aliphatic heterocycles. The van der Waals surface area contributed by atoms with E-state index in [0.717, 1.165) is 55.4 Å². The van der Waals surface area contributed by atoms with Crippen molar-refractivity contribution in [1.82, 2.24) is 0 Å². The second kappa shape index (κ2) is 11.7. The molecule has 0 unspecified atom stereocenters. The van der Waals surface area contributed by atoms with Crippen LogP contribution >= 0.6 is 0 Å². The third-order valence-electron chi connectivity index (χ3n) is 6.48. The lowest BCUT2D eigenvalue weighted by Crippen LogP contribution is -2.18. The molecule has 3 aromatic carbocycles. The number of hydrogen-bond acceptors (Lipinski definition) is 8. The van der Waals surface area contributed by atoms with Gasteiger partial charge in [0.25, 0.3) is 0 Å². The van der Waals surface area contributed by atoms with Gasteiger partial charge in [-0.1, -0.05) is 54.7 Å². The lowest BCUT2D eigenvalue weighted by Gasteiger charge is -2.23. The third kappa shape index (κ3) is 7.10. The van der Waals surface area contributed by atoms with E-state index in [1.807, 2.05) is 0 Å². The van der Waals surface area contributed by atoms with Crippen molar-refractivity contribution in [3.05, 3.63) is 77.4 Å². The summed E-state index contributed by atoms with van der Waals surface area (Å²) in [5, 5.41) is 10.0. The van der Waals surface area contributed by atoms with Crippen molar-refractivity contribution in [2.45, 2.75) is 55.7 Å². The Balaban J connectivity index is 1.75. The van der Waals surface area contributed by atoms with E-state index in [0.29, 0.717) is 0 Å². The first-order valence-electron chi connectivity index (χ1n) is 12.5.